The molecule has 24 heavy (non-hydrogen) atoms. The molecule has 0 heterocycles. The molecule has 1 aromatic rings. The van der Waals surface area contributed by atoms with Crippen LogP contribution < -0.4 is 0 Å². The number of nitro groups is 1. The Labute approximate surface area is 137 Å². The third-order valence-corrected chi connectivity index (χ3v) is 3.65. The lowest BCUT2D eigenvalue weighted by Crippen LogP contribution is -2.15. The van der Waals surface area contributed by atoms with Gasteiger partial charge < -0.3 is 9.84 Å². The van der Waals surface area contributed by atoms with Gasteiger partial charge in [-0.15, -0.1) is 0 Å². The van der Waals surface area contributed by atoms with Crippen LogP contribution in [0.2, 0.25) is 0 Å². The van der Waals surface area contributed by atoms with Gasteiger partial charge in [-0.1, -0.05) is 12.1 Å². The molecule has 1 aromatic carbocycles. The lowest BCUT2D eigenvalue weighted by molar-refractivity contribution is -0.421. The van der Waals surface area contributed by atoms with Gasteiger partial charge in [0.05, 0.1) is 23.2 Å². The summed E-state index contributed by atoms with van der Waals surface area (Å²) in [5.41, 5.74) is 0.686. The molecular formula is C17H15NO6. The number of nitrogens with zero attached hydrogens (tertiary/aromatic N) is 1. The third-order valence-electron chi connectivity index (χ3n) is 3.65. The van der Waals surface area contributed by atoms with Gasteiger partial charge >= 0.3 is 5.97 Å². The molecule has 0 saturated heterocycles. The van der Waals surface area contributed by atoms with Gasteiger partial charge in [0.25, 0.3) is 5.70 Å². The van der Waals surface area contributed by atoms with Crippen LogP contribution in [0.25, 0.3) is 0 Å². The summed E-state index contributed by atoms with van der Waals surface area (Å²) < 4.78 is 5.34. The van der Waals surface area contributed by atoms with Gasteiger partial charge in [-0.3, -0.25) is 10.1 Å². The zero-order valence-electron chi connectivity index (χ0n) is 13.1. The smallest absolute Gasteiger partial charge is 0.335 e. The van der Waals surface area contributed by atoms with E-state index in [0.717, 1.165) is 0 Å². The summed E-state index contributed by atoms with van der Waals surface area (Å²) in [6.07, 6.45) is 2.78. The van der Waals surface area contributed by atoms with E-state index in [4.69, 9.17) is 9.84 Å². The molecule has 0 radical (unpaired) electrons. The monoisotopic (exact) mass is 329 g/mol. The molecule has 1 atom stereocenters. The predicted molar refractivity (Wildman–Crippen MR) is 84.9 cm³/mol. The van der Waals surface area contributed by atoms with Crippen molar-refractivity contribution in [3.05, 3.63) is 74.2 Å². The summed E-state index contributed by atoms with van der Waals surface area (Å²) in [7, 11) is 0. The Hall–Kier alpha value is -3.18. The van der Waals surface area contributed by atoms with Crippen molar-refractivity contribution in [2.75, 3.05) is 6.61 Å². The largest absolute Gasteiger partial charge is 0.494 e. The molecule has 0 bridgehead atoms. The number of allylic oxidation sites excluding steroid dienone is 3. The number of aromatic carboxylic acids is 1. The fraction of sp³-hybridized carbons (Fsp3) is 0.235. The number of carbonyl (C=O) groups excluding carboxylic acids is 1. The maximum absolute atomic E-state index is 11.3. The van der Waals surface area contributed by atoms with Gasteiger partial charge in [-0.2, -0.15) is 0 Å². The third kappa shape index (κ3) is 3.26. The molecular weight excluding hydrogens is 314 g/mol. The summed E-state index contributed by atoms with van der Waals surface area (Å²) in [5.74, 6) is 0.139. The topological polar surface area (TPSA) is 107 Å². The lowest BCUT2D eigenvalue weighted by atomic mass is 9.85. The second-order valence-corrected chi connectivity index (χ2v) is 5.16. The summed E-state index contributed by atoms with van der Waals surface area (Å²) >= 11 is 0. The van der Waals surface area contributed by atoms with Gasteiger partial charge in [-0.05, 0) is 37.1 Å². The van der Waals surface area contributed by atoms with E-state index in [9.17, 15) is 19.7 Å². The molecule has 0 fully saturated rings. The molecule has 1 aliphatic rings. The van der Waals surface area contributed by atoms with E-state index in [0.29, 0.717) is 17.7 Å². The molecule has 0 spiro atoms. The van der Waals surface area contributed by atoms with Crippen molar-refractivity contribution in [3.8, 4) is 0 Å². The van der Waals surface area contributed by atoms with Crippen molar-refractivity contribution in [1.29, 1.82) is 0 Å². The molecule has 0 saturated carbocycles. The number of benzene rings is 1. The van der Waals surface area contributed by atoms with Crippen LogP contribution in [-0.2, 0) is 9.53 Å². The molecule has 1 N–H and O–H groups in total. The van der Waals surface area contributed by atoms with E-state index in [1.165, 1.54) is 18.2 Å². The first-order valence-corrected chi connectivity index (χ1v) is 7.19. The van der Waals surface area contributed by atoms with Crippen LogP contribution in [0.1, 0.15) is 34.3 Å². The number of carboxylic acids is 1. The van der Waals surface area contributed by atoms with Crippen molar-refractivity contribution in [1.82, 2.24) is 0 Å². The van der Waals surface area contributed by atoms with Crippen LogP contribution in [0.3, 0.4) is 0 Å². The van der Waals surface area contributed by atoms with Crippen LogP contribution >= 0.6 is 0 Å². The minimum atomic E-state index is -1.06. The van der Waals surface area contributed by atoms with Crippen LogP contribution in [-0.4, -0.2) is 28.5 Å². The molecule has 0 aliphatic heterocycles. The Morgan fingerprint density at radius 1 is 1.46 bits per heavy atom. The Balaban J connectivity index is 2.56. The highest BCUT2D eigenvalue weighted by Crippen LogP contribution is 2.36. The number of rotatable bonds is 5. The minimum absolute atomic E-state index is 0.120. The van der Waals surface area contributed by atoms with Crippen molar-refractivity contribution in [2.45, 2.75) is 19.8 Å². The highest BCUT2D eigenvalue weighted by molar-refractivity contribution is 5.89. The number of ether oxygens (including phenoxy) is 1. The second kappa shape index (κ2) is 6.93. The summed E-state index contributed by atoms with van der Waals surface area (Å²) in [6, 6.07) is 4.53. The fourth-order valence-electron chi connectivity index (χ4n) is 2.57. The average Bonchev–Trinajstić information content (AvgIpc) is 2.53. The molecule has 7 nitrogen and oxygen atoms in total. The maximum Gasteiger partial charge on any atom is 0.335 e. The molecule has 124 valence electrons. The average molecular weight is 329 g/mol. The highest BCUT2D eigenvalue weighted by atomic mass is 16.6. The number of carbonyl (C=O) groups is 1. The molecule has 2 rings (SSSR count). The molecule has 0 amide bonds. The quantitative estimate of drug-likeness (QED) is 0.505. The first-order valence-electron chi connectivity index (χ1n) is 7.19. The van der Waals surface area contributed by atoms with Crippen molar-refractivity contribution in [2.24, 2.45) is 0 Å². The first kappa shape index (κ1) is 17.2. The number of hydrogen-bond acceptors (Lipinski definition) is 5. The van der Waals surface area contributed by atoms with E-state index in [2.05, 4.69) is 0 Å². The molecule has 0 aromatic heterocycles. The fourth-order valence-corrected chi connectivity index (χ4v) is 2.57. The van der Waals surface area contributed by atoms with Crippen molar-refractivity contribution >= 4 is 11.9 Å². The van der Waals surface area contributed by atoms with Gasteiger partial charge in [0.15, 0.2) is 0 Å². The van der Waals surface area contributed by atoms with Gasteiger partial charge in [-0.25, -0.2) is 9.59 Å². The van der Waals surface area contributed by atoms with E-state index in [1.807, 2.05) is 0 Å². The normalized spacial score (nSPS) is 16.8. The van der Waals surface area contributed by atoms with Gasteiger partial charge in [0.2, 0.25) is 0 Å². The van der Waals surface area contributed by atoms with Gasteiger partial charge in [0, 0.05) is 5.92 Å². The zero-order chi connectivity index (χ0) is 17.9. The molecule has 1 unspecified atom stereocenters. The molecule has 1 aliphatic carbocycles. The van der Waals surface area contributed by atoms with Crippen LogP contribution in [0.5, 0.6) is 0 Å². The lowest BCUT2D eigenvalue weighted by Gasteiger charge is -2.19. The highest BCUT2D eigenvalue weighted by Gasteiger charge is 2.32. The summed E-state index contributed by atoms with van der Waals surface area (Å²) in [4.78, 5) is 33.0. The predicted octanol–water partition coefficient (Wildman–Crippen LogP) is 2.63. The zero-order valence-corrected chi connectivity index (χ0v) is 13.1. The Bertz CT molecular complexity index is 814. The Morgan fingerprint density at radius 2 is 2.17 bits per heavy atom. The number of carboxylic acid groups (broad SMARTS) is 1. The van der Waals surface area contributed by atoms with E-state index >= 15 is 0 Å². The van der Waals surface area contributed by atoms with E-state index in [-0.39, 0.29) is 22.6 Å². The van der Waals surface area contributed by atoms with Crippen LogP contribution in [0.4, 0.5) is 0 Å². The summed E-state index contributed by atoms with van der Waals surface area (Å²) in [5, 5.41) is 20.3. The van der Waals surface area contributed by atoms with Crippen molar-refractivity contribution < 1.29 is 24.4 Å². The minimum Gasteiger partial charge on any atom is -0.494 e. The van der Waals surface area contributed by atoms with Gasteiger partial charge in [0.1, 0.15) is 17.3 Å². The maximum atomic E-state index is 11.3. The van der Waals surface area contributed by atoms with Crippen LogP contribution in [0.15, 0.2) is 47.4 Å². The van der Waals surface area contributed by atoms with E-state index < -0.39 is 16.8 Å². The SMILES string of the molecule is CCOC1=CC(c2ccc(C(=O)O)c(C)c2)C(=C=O)C([N+](=O)[O-])=C1. The van der Waals surface area contributed by atoms with E-state index in [1.54, 1.807) is 31.9 Å². The standard InChI is InChI=1S/C17H15NO6/c1-3-24-12-7-14(15(9-19)16(8-12)18(22)23)11-4-5-13(17(20)21)10(2)6-11/h4-8,14H,3H2,1-2H3,(H,20,21). The molecule has 7 heteroatoms. The van der Waals surface area contributed by atoms with Crippen molar-refractivity contribution in [3.63, 3.8) is 0 Å². The van der Waals surface area contributed by atoms with Crippen LogP contribution in [0, 0.1) is 17.0 Å². The Kier molecular flexibility index (Phi) is 4.96. The Morgan fingerprint density at radius 3 is 2.67 bits per heavy atom. The number of aryl methyl sites for hydroxylation is 1. The first-order chi connectivity index (χ1) is 11.4. The second-order valence-electron chi connectivity index (χ2n) is 5.16. The number of hydrogen-bond donors (Lipinski definition) is 1. The summed E-state index contributed by atoms with van der Waals surface area (Å²) in [6.45, 7) is 3.68.